The molecule has 0 heterocycles. The first-order chi connectivity index (χ1) is 8.17. The van der Waals surface area contributed by atoms with Gasteiger partial charge in [0.15, 0.2) is 0 Å². The van der Waals surface area contributed by atoms with Gasteiger partial charge in [-0.1, -0.05) is 12.1 Å². The number of aliphatic carboxylic acids is 1. The van der Waals surface area contributed by atoms with Gasteiger partial charge in [-0.05, 0) is 24.6 Å². The van der Waals surface area contributed by atoms with Gasteiger partial charge in [-0.3, -0.25) is 4.79 Å². The Morgan fingerprint density at radius 3 is 2.50 bits per heavy atom. The number of hydrogen-bond acceptors (Lipinski definition) is 3. The van der Waals surface area contributed by atoms with E-state index in [0.29, 0.717) is 6.61 Å². The van der Waals surface area contributed by atoms with E-state index >= 15 is 0 Å². The Kier molecular flexibility index (Phi) is 6.04. The molecule has 5 nitrogen and oxygen atoms in total. The molecule has 1 amide bonds. The monoisotopic (exact) mass is 493 g/mol. The van der Waals surface area contributed by atoms with Crippen molar-refractivity contribution in [2.24, 2.45) is 0 Å². The number of ether oxygens (including phenoxy) is 1. The van der Waals surface area contributed by atoms with Crippen molar-refractivity contribution in [3.8, 4) is 5.75 Å². The van der Waals surface area contributed by atoms with Crippen LogP contribution in [-0.2, 0) is 16.0 Å². The summed E-state index contributed by atoms with van der Waals surface area (Å²) in [5, 5.41) is 11.0. The third kappa shape index (κ3) is 4.22. The van der Waals surface area contributed by atoms with E-state index in [2.05, 4.69) is 5.32 Å². The van der Waals surface area contributed by atoms with Crippen LogP contribution in [0.15, 0.2) is 24.3 Å². The second-order valence-electron chi connectivity index (χ2n) is 3.42. The van der Waals surface area contributed by atoms with Gasteiger partial charge in [0.05, 0.1) is 6.61 Å². The predicted octanol–water partition coefficient (Wildman–Crippen LogP) is 0.738. The van der Waals surface area contributed by atoms with Crippen LogP contribution in [0.1, 0.15) is 12.5 Å². The number of benzene rings is 1. The summed E-state index contributed by atoms with van der Waals surface area (Å²) < 4.78 is 5.27. The molecule has 0 aliphatic rings. The Balaban J connectivity index is 0.00000289. The van der Waals surface area contributed by atoms with E-state index in [1.54, 1.807) is 24.3 Å². The molecule has 1 aromatic rings. The predicted molar refractivity (Wildman–Crippen MR) is 61.6 cm³/mol. The first kappa shape index (κ1) is 15.0. The second kappa shape index (κ2) is 7.27. The fourth-order valence-corrected chi connectivity index (χ4v) is 1.40. The molecule has 0 aromatic heterocycles. The first-order valence-corrected chi connectivity index (χ1v) is 5.24. The Morgan fingerprint density at radius 2 is 2.06 bits per heavy atom. The molecule has 104 valence electrons. The van der Waals surface area contributed by atoms with Crippen molar-refractivity contribution >= 4 is 12.4 Å². The smallest absolute Gasteiger partial charge is 0.323 e. The third-order valence-electron chi connectivity index (χ3n) is 2.21. The Bertz CT molecular complexity index is 380. The summed E-state index contributed by atoms with van der Waals surface area (Å²) in [5.74, 6) is -0.347. The van der Waals surface area contributed by atoms with Crippen LogP contribution in [0.25, 0.3) is 0 Å². The molecule has 0 aliphatic heterocycles. The zero-order chi connectivity index (χ0) is 12.7. The minimum Gasteiger partial charge on any atom is -0.520 e. The standard InChI is InChI=1S/C12H14NO4.Fm/c1-2-17-10-5-3-9(4-6-10)7-11(12(15)16)13-8-14;/h3-6,11H,2,7H2,1H3,(H,13,14)(H,15,16);/q-1;. The van der Waals surface area contributed by atoms with Gasteiger partial charge in [0, 0.05) is 6.42 Å². The van der Waals surface area contributed by atoms with E-state index < -0.39 is 12.0 Å². The van der Waals surface area contributed by atoms with Gasteiger partial charge >= 0.3 is 5.97 Å². The number of carbonyl (C=O) groups excluding carboxylic acids is 1. The number of amides is 1. The molecule has 1 aromatic carbocycles. The first-order valence-electron chi connectivity index (χ1n) is 5.24. The molecule has 0 spiro atoms. The van der Waals surface area contributed by atoms with Crippen LogP contribution in [0.5, 0.6) is 5.75 Å². The number of carboxylic acids is 1. The van der Waals surface area contributed by atoms with Crippen LogP contribution >= 0.6 is 0 Å². The van der Waals surface area contributed by atoms with Crippen molar-refractivity contribution in [2.75, 3.05) is 6.61 Å². The molecule has 1 unspecified atom stereocenters. The number of rotatable bonds is 7. The molecular formula is C12H14FmNO4-. The summed E-state index contributed by atoms with van der Waals surface area (Å²) in [6.07, 6.45) is 1.61. The molecule has 0 saturated carbocycles. The molecule has 0 bridgehead atoms. The number of carboxylic acid groups (broad SMARTS) is 1. The van der Waals surface area contributed by atoms with Gasteiger partial charge in [0.1, 0.15) is 11.8 Å². The molecule has 1 atom stereocenters. The average molecular weight is 493 g/mol. The van der Waals surface area contributed by atoms with Gasteiger partial charge in [0.2, 0.25) is 0 Å². The maximum atomic E-state index is 10.8. The van der Waals surface area contributed by atoms with Gasteiger partial charge in [-0.15, -0.1) is 0 Å². The van der Waals surface area contributed by atoms with E-state index in [1.807, 2.05) is 6.92 Å². The van der Waals surface area contributed by atoms with Gasteiger partial charge in [-0.25, -0.2) is 0 Å². The van der Waals surface area contributed by atoms with Gasteiger partial charge < -0.3 is 20.0 Å². The number of nitrogens with one attached hydrogen (secondary N) is 1. The van der Waals surface area contributed by atoms with E-state index in [9.17, 15) is 9.59 Å². The Morgan fingerprint density at radius 1 is 1.44 bits per heavy atom. The van der Waals surface area contributed by atoms with E-state index in [-0.39, 0.29) is 6.42 Å². The normalized spacial score (nSPS) is 10.9. The number of hydrogen-bond donors (Lipinski definition) is 2. The van der Waals surface area contributed by atoms with Crippen molar-refractivity contribution < 1.29 is 19.4 Å². The SMILES string of the molecule is CCOc1ccc(CC(N[C-]=O)C(=O)O)cc1.[Fm]. The molecule has 1 rings (SSSR count). The number of carbonyl (C=O) groups is 1. The zero-order valence-corrected chi connectivity index (χ0v) is 12.2. The summed E-state index contributed by atoms with van der Waals surface area (Å²) >= 11 is 0. The summed E-state index contributed by atoms with van der Waals surface area (Å²) in [6, 6.07) is 6.12. The molecule has 2 N–H and O–H groups in total. The van der Waals surface area contributed by atoms with Gasteiger partial charge in [-0.2, -0.15) is 6.41 Å². The van der Waals surface area contributed by atoms with Crippen molar-refractivity contribution in [2.45, 2.75) is 19.4 Å². The Labute approximate surface area is 99.4 Å². The van der Waals surface area contributed by atoms with E-state index in [4.69, 9.17) is 9.84 Å². The molecule has 0 aliphatic carbocycles. The van der Waals surface area contributed by atoms with Crippen molar-refractivity contribution in [3.05, 3.63) is 29.8 Å². The zero-order valence-electron chi connectivity index (χ0n) is 9.76. The maximum Gasteiger partial charge on any atom is 0.323 e. The largest absolute Gasteiger partial charge is 0.520 e. The molecule has 6 heteroatoms. The van der Waals surface area contributed by atoms with Crippen LogP contribution in [-0.4, -0.2) is 30.1 Å². The van der Waals surface area contributed by atoms with Crippen LogP contribution in [0.3, 0.4) is 0 Å². The second-order valence-corrected chi connectivity index (χ2v) is 3.42. The summed E-state index contributed by atoms with van der Waals surface area (Å²) in [6.45, 7) is 2.47. The molecular weight excluding hydrogens is 479 g/mol. The summed E-state index contributed by atoms with van der Waals surface area (Å²) in [4.78, 5) is 20.9. The average Bonchev–Trinajstić information content (AvgIpc) is 2.31. The maximum absolute atomic E-state index is 10.8. The third-order valence-corrected chi connectivity index (χ3v) is 2.21. The van der Waals surface area contributed by atoms with Crippen molar-refractivity contribution in [1.29, 1.82) is 0 Å². The molecule has 18 heavy (non-hydrogen) atoms. The van der Waals surface area contributed by atoms with Crippen LogP contribution in [0.4, 0.5) is 0 Å². The van der Waals surface area contributed by atoms with Crippen LogP contribution < -0.4 is 10.1 Å². The topological polar surface area (TPSA) is 75.6 Å². The fourth-order valence-electron chi connectivity index (χ4n) is 1.40. The van der Waals surface area contributed by atoms with Crippen LogP contribution in [0, 0.1) is 0 Å². The molecule has 0 radical (unpaired) electrons. The minimum absolute atomic E-state index is 0. The van der Waals surface area contributed by atoms with Crippen molar-refractivity contribution in [3.63, 3.8) is 0 Å². The molecule has 0 fully saturated rings. The summed E-state index contributed by atoms with van der Waals surface area (Å²) in [5.41, 5.74) is 0.809. The van der Waals surface area contributed by atoms with Crippen LogP contribution in [0.2, 0.25) is 0 Å². The molecule has 0 saturated heterocycles. The Hall–Kier alpha value is -3.04. The van der Waals surface area contributed by atoms with E-state index in [1.165, 1.54) is 6.41 Å². The minimum atomic E-state index is -1.08. The summed E-state index contributed by atoms with van der Waals surface area (Å²) in [7, 11) is 0. The fraction of sp³-hybridized carbons (Fsp3) is 0.333. The van der Waals surface area contributed by atoms with E-state index in [0.717, 1.165) is 11.3 Å². The van der Waals surface area contributed by atoms with Gasteiger partial charge in [0.25, 0.3) is 0 Å². The quantitative estimate of drug-likeness (QED) is 0.434. The van der Waals surface area contributed by atoms with Crippen molar-refractivity contribution in [1.82, 2.24) is 5.32 Å².